The van der Waals surface area contributed by atoms with E-state index < -0.39 is 5.25 Å². The maximum atomic E-state index is 11.4. The van der Waals surface area contributed by atoms with Gasteiger partial charge in [0.25, 0.3) is 0 Å². The number of hydrogen-bond acceptors (Lipinski definition) is 7. The van der Waals surface area contributed by atoms with Gasteiger partial charge in [-0.25, -0.2) is 0 Å². The van der Waals surface area contributed by atoms with Crippen LogP contribution in [0.3, 0.4) is 0 Å². The van der Waals surface area contributed by atoms with Crippen LogP contribution in [0.4, 0.5) is 0 Å². The summed E-state index contributed by atoms with van der Waals surface area (Å²) in [5.41, 5.74) is 1.56. The summed E-state index contributed by atoms with van der Waals surface area (Å²) in [5, 5.41) is 19.8. The molecule has 2 aromatic carbocycles. The third-order valence-electron chi connectivity index (χ3n) is 4.23. The Labute approximate surface area is 180 Å². The van der Waals surface area contributed by atoms with Crippen LogP contribution in [0.1, 0.15) is 16.6 Å². The van der Waals surface area contributed by atoms with Crippen molar-refractivity contribution in [2.24, 2.45) is 0 Å². The van der Waals surface area contributed by atoms with Gasteiger partial charge in [0.05, 0.1) is 14.2 Å². The molecule has 0 N–H and O–H groups in total. The van der Waals surface area contributed by atoms with E-state index >= 15 is 0 Å². The summed E-state index contributed by atoms with van der Waals surface area (Å²) in [6.07, 6.45) is 0. The molecule has 0 bridgehead atoms. The van der Waals surface area contributed by atoms with E-state index in [0.29, 0.717) is 22.3 Å². The monoisotopic (exact) mass is 478 g/mol. The molecule has 29 heavy (non-hydrogen) atoms. The molecular formula is C19H19BrN4O4S. The summed E-state index contributed by atoms with van der Waals surface area (Å²) in [6.45, 7) is 1.55. The summed E-state index contributed by atoms with van der Waals surface area (Å²) in [6, 6.07) is 12.9. The molecule has 10 heteroatoms. The van der Waals surface area contributed by atoms with Gasteiger partial charge >= 0.3 is 0 Å². The Bertz CT molecular complexity index is 1010. The van der Waals surface area contributed by atoms with Crippen molar-refractivity contribution in [3.8, 4) is 17.2 Å². The van der Waals surface area contributed by atoms with Gasteiger partial charge in [0.1, 0.15) is 22.6 Å². The molecular weight excluding hydrogens is 460 g/mol. The van der Waals surface area contributed by atoms with Crippen molar-refractivity contribution in [1.29, 1.82) is 0 Å². The van der Waals surface area contributed by atoms with Crippen LogP contribution in [0, 0.1) is 17.0 Å². The number of ether oxygens (including phenoxy) is 2. The first-order valence-corrected chi connectivity index (χ1v) is 10.3. The van der Waals surface area contributed by atoms with E-state index in [4.69, 9.17) is 9.47 Å². The predicted molar refractivity (Wildman–Crippen MR) is 114 cm³/mol. The van der Waals surface area contributed by atoms with Crippen molar-refractivity contribution in [3.05, 3.63) is 68.4 Å². The van der Waals surface area contributed by atoms with Crippen LogP contribution >= 0.6 is 27.7 Å². The first-order chi connectivity index (χ1) is 13.9. The Hall–Kier alpha value is -2.59. The second-order valence-corrected chi connectivity index (χ2v) is 8.16. The number of halogens is 1. The Kier molecular flexibility index (Phi) is 6.75. The fourth-order valence-electron chi connectivity index (χ4n) is 2.87. The van der Waals surface area contributed by atoms with E-state index in [2.05, 4.69) is 26.1 Å². The number of benzene rings is 2. The topological polar surface area (TPSA) is 92.3 Å². The molecule has 0 saturated heterocycles. The van der Waals surface area contributed by atoms with E-state index in [1.807, 2.05) is 47.9 Å². The fourth-order valence-corrected chi connectivity index (χ4v) is 4.44. The third kappa shape index (κ3) is 4.88. The molecule has 0 saturated carbocycles. The zero-order valence-electron chi connectivity index (χ0n) is 16.0. The van der Waals surface area contributed by atoms with Gasteiger partial charge in [0, 0.05) is 20.6 Å². The lowest BCUT2D eigenvalue weighted by molar-refractivity contribution is -0.479. The van der Waals surface area contributed by atoms with E-state index in [0.717, 1.165) is 15.9 Å². The SMILES string of the molecule is COc1ccc(-n2c(C)nnc2S[C@@H](C[N+](=O)[O-])c2cc(Br)ccc2OC)cc1. The summed E-state index contributed by atoms with van der Waals surface area (Å²) < 4.78 is 13.3. The summed E-state index contributed by atoms with van der Waals surface area (Å²) in [7, 11) is 3.15. The fraction of sp³-hybridized carbons (Fsp3) is 0.263. The molecule has 0 spiro atoms. The zero-order chi connectivity index (χ0) is 21.0. The zero-order valence-corrected chi connectivity index (χ0v) is 18.4. The van der Waals surface area contributed by atoms with Crippen molar-refractivity contribution in [2.45, 2.75) is 17.3 Å². The lowest BCUT2D eigenvalue weighted by Crippen LogP contribution is -2.12. The number of aryl methyl sites for hydroxylation is 1. The van der Waals surface area contributed by atoms with Crippen LogP contribution in [0.2, 0.25) is 0 Å². The van der Waals surface area contributed by atoms with Crippen LogP contribution in [0.25, 0.3) is 5.69 Å². The first kappa shape index (κ1) is 21.1. The van der Waals surface area contributed by atoms with Crippen molar-refractivity contribution in [3.63, 3.8) is 0 Å². The molecule has 3 rings (SSSR count). The van der Waals surface area contributed by atoms with Crippen molar-refractivity contribution in [2.75, 3.05) is 20.8 Å². The first-order valence-electron chi connectivity index (χ1n) is 8.61. The minimum absolute atomic E-state index is 0.286. The van der Waals surface area contributed by atoms with Gasteiger partial charge in [-0.2, -0.15) is 0 Å². The standard InChI is InChI=1S/C19H19BrN4O4S/c1-12-21-22-19(24(12)14-5-7-15(27-2)8-6-14)29-18(11-23(25)26)16-10-13(20)4-9-17(16)28-3/h4-10,18H,11H2,1-3H3/t18-/m0/s1. The normalized spacial score (nSPS) is 11.9. The Morgan fingerprint density at radius 1 is 1.17 bits per heavy atom. The molecule has 8 nitrogen and oxygen atoms in total. The van der Waals surface area contributed by atoms with Crippen LogP contribution in [-0.4, -0.2) is 40.5 Å². The van der Waals surface area contributed by atoms with Crippen LogP contribution in [0.15, 0.2) is 52.1 Å². The smallest absolute Gasteiger partial charge is 0.220 e. The second-order valence-electron chi connectivity index (χ2n) is 6.07. The summed E-state index contributed by atoms with van der Waals surface area (Å²) in [4.78, 5) is 11.0. The molecule has 0 radical (unpaired) electrons. The maximum Gasteiger partial charge on any atom is 0.220 e. The molecule has 0 fully saturated rings. The average Bonchev–Trinajstić information content (AvgIpc) is 3.07. The van der Waals surface area contributed by atoms with Gasteiger partial charge in [0.2, 0.25) is 6.54 Å². The quantitative estimate of drug-likeness (QED) is 0.268. The van der Waals surface area contributed by atoms with Crippen molar-refractivity contribution in [1.82, 2.24) is 14.8 Å². The summed E-state index contributed by atoms with van der Waals surface area (Å²) in [5.74, 6) is 2.00. The van der Waals surface area contributed by atoms with Crippen LogP contribution in [-0.2, 0) is 0 Å². The largest absolute Gasteiger partial charge is 0.497 e. The molecule has 0 amide bonds. The van der Waals surface area contributed by atoms with E-state index in [-0.39, 0.29) is 11.5 Å². The molecule has 0 aliphatic heterocycles. The number of aromatic nitrogens is 3. The van der Waals surface area contributed by atoms with Crippen LogP contribution < -0.4 is 9.47 Å². The molecule has 0 unspecified atom stereocenters. The minimum atomic E-state index is -0.516. The lowest BCUT2D eigenvalue weighted by Gasteiger charge is -2.17. The molecule has 1 aromatic heterocycles. The molecule has 1 atom stereocenters. The average molecular weight is 479 g/mol. The lowest BCUT2D eigenvalue weighted by atomic mass is 10.1. The molecule has 152 valence electrons. The van der Waals surface area contributed by atoms with E-state index in [1.54, 1.807) is 20.3 Å². The number of methoxy groups -OCH3 is 2. The van der Waals surface area contributed by atoms with Crippen molar-refractivity contribution < 1.29 is 14.4 Å². The van der Waals surface area contributed by atoms with Crippen molar-refractivity contribution >= 4 is 27.7 Å². The highest BCUT2D eigenvalue weighted by molar-refractivity contribution is 9.10. The Morgan fingerprint density at radius 3 is 2.52 bits per heavy atom. The third-order valence-corrected chi connectivity index (χ3v) is 5.88. The Morgan fingerprint density at radius 2 is 1.90 bits per heavy atom. The number of nitrogens with zero attached hydrogens (tertiary/aromatic N) is 4. The second kappa shape index (κ2) is 9.27. The van der Waals surface area contributed by atoms with Gasteiger partial charge in [0.15, 0.2) is 5.16 Å². The van der Waals surface area contributed by atoms with Gasteiger partial charge in [-0.3, -0.25) is 14.7 Å². The highest BCUT2D eigenvalue weighted by Crippen LogP contribution is 2.41. The molecule has 0 aliphatic carbocycles. The number of thioether (sulfide) groups is 1. The number of hydrogen-bond donors (Lipinski definition) is 0. The molecule has 0 aliphatic rings. The number of rotatable bonds is 8. The summed E-state index contributed by atoms with van der Waals surface area (Å²) >= 11 is 4.71. The minimum Gasteiger partial charge on any atom is -0.497 e. The van der Waals surface area contributed by atoms with Gasteiger partial charge in [-0.05, 0) is 49.4 Å². The van der Waals surface area contributed by atoms with Gasteiger partial charge < -0.3 is 9.47 Å². The highest BCUT2D eigenvalue weighted by atomic mass is 79.9. The maximum absolute atomic E-state index is 11.4. The van der Waals surface area contributed by atoms with Gasteiger partial charge in [-0.15, -0.1) is 10.2 Å². The van der Waals surface area contributed by atoms with Crippen LogP contribution in [0.5, 0.6) is 11.5 Å². The predicted octanol–water partition coefficient (Wildman–Crippen LogP) is 4.47. The number of nitro groups is 1. The van der Waals surface area contributed by atoms with Gasteiger partial charge in [-0.1, -0.05) is 27.7 Å². The molecule has 3 aromatic rings. The highest BCUT2D eigenvalue weighted by Gasteiger charge is 2.26. The molecule has 1 heterocycles. The Balaban J connectivity index is 2.01. The van der Waals surface area contributed by atoms with E-state index in [9.17, 15) is 10.1 Å². The van der Waals surface area contributed by atoms with E-state index in [1.165, 1.54) is 11.8 Å².